The number of anilines is 1. The lowest BCUT2D eigenvalue weighted by Gasteiger charge is -2.17. The van der Waals surface area contributed by atoms with Crippen molar-refractivity contribution in [3.63, 3.8) is 0 Å². The van der Waals surface area contributed by atoms with Crippen molar-refractivity contribution in [2.75, 3.05) is 19.0 Å². The van der Waals surface area contributed by atoms with Gasteiger partial charge < -0.3 is 19.9 Å². The predicted molar refractivity (Wildman–Crippen MR) is 131 cm³/mol. The van der Waals surface area contributed by atoms with Crippen molar-refractivity contribution in [1.82, 2.24) is 5.32 Å². The Hall–Kier alpha value is -4.33. The van der Waals surface area contributed by atoms with Gasteiger partial charge >= 0.3 is 12.1 Å². The summed E-state index contributed by atoms with van der Waals surface area (Å²) in [4.78, 5) is 36.4. The number of carbonyl (C=O) groups excluding carboxylic acids is 2. The van der Waals surface area contributed by atoms with Crippen LogP contribution < -0.4 is 15.4 Å². The molecule has 0 aliphatic heterocycles. The minimum atomic E-state index is -1.02. The number of ether oxygens (including phenoxy) is 2. The van der Waals surface area contributed by atoms with Gasteiger partial charge in [-0.1, -0.05) is 48.5 Å². The first kappa shape index (κ1) is 23.8. The van der Waals surface area contributed by atoms with Gasteiger partial charge in [0.25, 0.3) is 5.91 Å². The van der Waals surface area contributed by atoms with Gasteiger partial charge in [-0.25, -0.2) is 4.79 Å². The van der Waals surface area contributed by atoms with E-state index < -0.39 is 24.0 Å². The summed E-state index contributed by atoms with van der Waals surface area (Å²) < 4.78 is 10.8. The zero-order chi connectivity index (χ0) is 24.9. The van der Waals surface area contributed by atoms with Crippen LogP contribution in [0.15, 0.2) is 66.7 Å². The Bertz CT molecular complexity index is 1230. The fourth-order valence-electron chi connectivity index (χ4n) is 4.31. The van der Waals surface area contributed by atoms with Gasteiger partial charge in [-0.15, -0.1) is 0 Å². The van der Waals surface area contributed by atoms with Crippen molar-refractivity contribution < 1.29 is 29.0 Å². The van der Waals surface area contributed by atoms with Crippen molar-refractivity contribution in [3.05, 3.63) is 83.4 Å². The van der Waals surface area contributed by atoms with Crippen LogP contribution in [-0.4, -0.2) is 42.8 Å². The number of aliphatic carboxylic acids is 1. The summed E-state index contributed by atoms with van der Waals surface area (Å²) in [6.45, 7) is 1.72. The molecule has 0 fully saturated rings. The van der Waals surface area contributed by atoms with E-state index in [1.54, 1.807) is 13.0 Å². The second-order valence-corrected chi connectivity index (χ2v) is 8.33. The highest BCUT2D eigenvalue weighted by Gasteiger charge is 2.29. The number of nitrogens with one attached hydrogen (secondary N) is 2. The summed E-state index contributed by atoms with van der Waals surface area (Å²) in [5.41, 5.74) is 4.79. The summed E-state index contributed by atoms with van der Waals surface area (Å²) in [7, 11) is 1.47. The van der Waals surface area contributed by atoms with Crippen LogP contribution in [0.25, 0.3) is 11.1 Å². The third kappa shape index (κ3) is 5.27. The number of methoxy groups -OCH3 is 1. The highest BCUT2D eigenvalue weighted by molar-refractivity contribution is 6.03. The van der Waals surface area contributed by atoms with Gasteiger partial charge in [0.1, 0.15) is 12.4 Å². The van der Waals surface area contributed by atoms with Crippen LogP contribution >= 0.6 is 0 Å². The predicted octanol–water partition coefficient (Wildman–Crippen LogP) is 4.65. The van der Waals surface area contributed by atoms with E-state index in [9.17, 15) is 14.4 Å². The summed E-state index contributed by atoms with van der Waals surface area (Å²) in [5.74, 6) is -1.20. The molecule has 4 rings (SSSR count). The van der Waals surface area contributed by atoms with Crippen molar-refractivity contribution in [3.8, 4) is 16.9 Å². The molecule has 1 aliphatic carbocycles. The van der Waals surface area contributed by atoms with E-state index in [1.807, 2.05) is 36.4 Å². The summed E-state index contributed by atoms with van der Waals surface area (Å²) >= 11 is 0. The van der Waals surface area contributed by atoms with E-state index >= 15 is 0 Å². The van der Waals surface area contributed by atoms with E-state index in [0.29, 0.717) is 5.75 Å². The zero-order valence-corrected chi connectivity index (χ0v) is 19.4. The first-order valence-corrected chi connectivity index (χ1v) is 11.2. The van der Waals surface area contributed by atoms with Gasteiger partial charge in [0.15, 0.2) is 0 Å². The fraction of sp³-hybridized carbons (Fsp3) is 0.222. The number of fused-ring (bicyclic) bond motifs is 3. The molecular weight excluding hydrogens is 448 g/mol. The number of hydrogen-bond donors (Lipinski definition) is 3. The molecule has 8 heteroatoms. The quantitative estimate of drug-likeness (QED) is 0.438. The molecule has 0 saturated heterocycles. The Morgan fingerprint density at radius 1 is 0.971 bits per heavy atom. The standard InChI is InChI=1S/C27H26N2O6/c1-16(13-25(30)31)28-26(32)22-12-11-17(34-2)14-24(22)29-27(33)35-15-23-20-9-5-3-7-18(20)19-8-4-6-10-21(19)23/h3-12,14,16,23H,13,15H2,1-2H3,(H,28,32)(H,29,33)(H,30,31). The van der Waals surface area contributed by atoms with Crippen molar-refractivity contribution in [1.29, 1.82) is 0 Å². The van der Waals surface area contributed by atoms with Crippen molar-refractivity contribution in [2.24, 2.45) is 0 Å². The highest BCUT2D eigenvalue weighted by Crippen LogP contribution is 2.44. The normalized spacial score (nSPS) is 12.7. The van der Waals surface area contributed by atoms with Crippen LogP contribution in [0.3, 0.4) is 0 Å². The SMILES string of the molecule is COc1ccc(C(=O)NC(C)CC(=O)O)c(NC(=O)OCC2c3ccccc3-c3ccccc32)c1. The van der Waals surface area contributed by atoms with Gasteiger partial charge in [0, 0.05) is 18.0 Å². The largest absolute Gasteiger partial charge is 0.497 e. The van der Waals surface area contributed by atoms with Crippen LogP contribution in [0.5, 0.6) is 5.75 Å². The second-order valence-electron chi connectivity index (χ2n) is 8.33. The maximum Gasteiger partial charge on any atom is 0.411 e. The Balaban J connectivity index is 1.48. The Labute approximate surface area is 202 Å². The average molecular weight is 475 g/mol. The lowest BCUT2D eigenvalue weighted by atomic mass is 9.98. The number of rotatable bonds is 8. The molecule has 1 atom stereocenters. The Morgan fingerprint density at radius 3 is 2.20 bits per heavy atom. The first-order chi connectivity index (χ1) is 16.9. The number of hydrogen-bond acceptors (Lipinski definition) is 5. The van der Waals surface area contributed by atoms with E-state index in [1.165, 1.54) is 19.2 Å². The van der Waals surface area contributed by atoms with Gasteiger partial charge in [-0.2, -0.15) is 0 Å². The molecule has 3 N–H and O–H groups in total. The molecule has 3 aromatic carbocycles. The maximum absolute atomic E-state index is 12.8. The molecule has 1 aliphatic rings. The molecule has 35 heavy (non-hydrogen) atoms. The second kappa shape index (κ2) is 10.3. The number of carboxylic acids is 1. The Morgan fingerprint density at radius 2 is 1.60 bits per heavy atom. The molecule has 2 amide bonds. The lowest BCUT2D eigenvalue weighted by Crippen LogP contribution is -2.34. The summed E-state index contributed by atoms with van der Waals surface area (Å²) in [6, 6.07) is 20.1. The first-order valence-electron chi connectivity index (χ1n) is 11.2. The van der Waals surface area contributed by atoms with Crippen LogP contribution in [0, 0.1) is 0 Å². The molecule has 1 unspecified atom stereocenters. The molecule has 0 heterocycles. The zero-order valence-electron chi connectivity index (χ0n) is 19.4. The average Bonchev–Trinajstić information content (AvgIpc) is 3.15. The third-order valence-corrected chi connectivity index (χ3v) is 5.91. The molecule has 0 aromatic heterocycles. The van der Waals surface area contributed by atoms with Gasteiger partial charge in [0.05, 0.1) is 24.8 Å². The van der Waals surface area contributed by atoms with Crippen LogP contribution in [0.4, 0.5) is 10.5 Å². The molecular formula is C27H26N2O6. The topological polar surface area (TPSA) is 114 Å². The lowest BCUT2D eigenvalue weighted by molar-refractivity contribution is -0.137. The molecule has 0 radical (unpaired) electrons. The van der Waals surface area contributed by atoms with E-state index in [4.69, 9.17) is 14.6 Å². The number of carboxylic acid groups (broad SMARTS) is 1. The van der Waals surface area contributed by atoms with E-state index in [-0.39, 0.29) is 30.2 Å². The molecule has 8 nitrogen and oxygen atoms in total. The molecule has 0 saturated carbocycles. The Kier molecular flexibility index (Phi) is 7.01. The number of carbonyl (C=O) groups is 3. The molecule has 180 valence electrons. The molecule has 0 spiro atoms. The number of amides is 2. The third-order valence-electron chi connectivity index (χ3n) is 5.91. The van der Waals surface area contributed by atoms with Gasteiger partial charge in [-0.05, 0) is 41.3 Å². The minimum absolute atomic E-state index is 0.0990. The minimum Gasteiger partial charge on any atom is -0.497 e. The van der Waals surface area contributed by atoms with Crippen LogP contribution in [0.1, 0.15) is 40.7 Å². The monoisotopic (exact) mass is 474 g/mol. The van der Waals surface area contributed by atoms with Crippen LogP contribution in [-0.2, 0) is 9.53 Å². The van der Waals surface area contributed by atoms with Crippen molar-refractivity contribution in [2.45, 2.75) is 25.3 Å². The molecule has 0 bridgehead atoms. The highest BCUT2D eigenvalue weighted by atomic mass is 16.5. The van der Waals surface area contributed by atoms with Crippen molar-refractivity contribution >= 4 is 23.7 Å². The van der Waals surface area contributed by atoms with E-state index in [2.05, 4.69) is 22.8 Å². The van der Waals surface area contributed by atoms with Crippen LogP contribution in [0.2, 0.25) is 0 Å². The van der Waals surface area contributed by atoms with Gasteiger partial charge in [-0.3, -0.25) is 14.9 Å². The smallest absolute Gasteiger partial charge is 0.411 e. The summed E-state index contributed by atoms with van der Waals surface area (Å²) in [5, 5.41) is 14.2. The van der Waals surface area contributed by atoms with Gasteiger partial charge in [0.2, 0.25) is 0 Å². The fourth-order valence-corrected chi connectivity index (χ4v) is 4.31. The molecule has 3 aromatic rings. The van der Waals surface area contributed by atoms with E-state index in [0.717, 1.165) is 22.3 Å². The number of benzene rings is 3. The summed E-state index contributed by atoms with van der Waals surface area (Å²) in [6.07, 6.45) is -0.940. The maximum atomic E-state index is 12.8.